The van der Waals surface area contributed by atoms with E-state index < -0.39 is 106 Å². The number of phenolic OH excluding ortho intramolecular Hbond substituents is 6. The van der Waals surface area contributed by atoms with Crippen molar-refractivity contribution in [1.82, 2.24) is 0 Å². The van der Waals surface area contributed by atoms with E-state index in [0.717, 1.165) is 0 Å². The largest absolute Gasteiger partial charge is 0.504 e. The minimum Gasteiger partial charge on any atom is -0.504 e. The molecule has 0 spiro atoms. The second-order valence-corrected chi connectivity index (χ2v) is 7.55. The highest BCUT2D eigenvalue weighted by atomic mass is 16.7. The van der Waals surface area contributed by atoms with Crippen molar-refractivity contribution < 1.29 is 69.8 Å². The summed E-state index contributed by atoms with van der Waals surface area (Å²) >= 11 is 0. The van der Waals surface area contributed by atoms with Gasteiger partial charge in [0.2, 0.25) is 17.8 Å². The van der Waals surface area contributed by atoms with Crippen molar-refractivity contribution in [3.05, 3.63) is 23.3 Å². The molecule has 2 aliphatic heterocycles. The van der Waals surface area contributed by atoms with Crippen molar-refractivity contribution in [3.63, 3.8) is 0 Å². The number of phenols is 6. The summed E-state index contributed by atoms with van der Waals surface area (Å²) in [5.74, 6) is -9.64. The quantitative estimate of drug-likeness (QED) is 0.157. The molecule has 2 bridgehead atoms. The molecule has 182 valence electrons. The summed E-state index contributed by atoms with van der Waals surface area (Å²) in [6.07, 6.45) is -9.11. The van der Waals surface area contributed by atoms with Crippen LogP contribution in [0.15, 0.2) is 12.1 Å². The van der Waals surface area contributed by atoms with Gasteiger partial charge in [0.25, 0.3) is 0 Å². The van der Waals surface area contributed by atoms with Crippen LogP contribution in [0.1, 0.15) is 20.7 Å². The third kappa shape index (κ3) is 3.45. The molecule has 1 saturated heterocycles. The van der Waals surface area contributed by atoms with Crippen molar-refractivity contribution in [1.29, 1.82) is 0 Å². The topological polar surface area (TPSA) is 244 Å². The molecule has 2 aromatic rings. The van der Waals surface area contributed by atoms with E-state index in [9.17, 15) is 55.5 Å². The smallest absolute Gasteiger partial charge is 0.341 e. The number of hydrogen-bond acceptors (Lipinski definition) is 14. The number of aliphatic hydroxyl groups excluding tert-OH is 3. The molecule has 2 aliphatic rings. The first-order valence-electron chi connectivity index (χ1n) is 9.57. The number of fused-ring (bicyclic) bond motifs is 5. The Hall–Kier alpha value is -3.98. The maximum absolute atomic E-state index is 13.0. The fourth-order valence-electron chi connectivity index (χ4n) is 3.67. The SMILES string of the molecule is O=C1OC[C@H]2O[C@@H](OC(=O)c3cc(O)c(O)c(O)c3-c3c1cc(O)c(O)c3O)[C@H](O)[C@@H](O)[C@@H]2O. The van der Waals surface area contributed by atoms with Crippen LogP contribution in [0.4, 0.5) is 0 Å². The minimum absolute atomic E-state index is 0.578. The van der Waals surface area contributed by atoms with Gasteiger partial charge in [-0.25, -0.2) is 9.59 Å². The van der Waals surface area contributed by atoms with Gasteiger partial charge in [-0.15, -0.1) is 0 Å². The number of cyclic esters (lactones) is 1. The summed E-state index contributed by atoms with van der Waals surface area (Å²) in [5.41, 5.74) is -3.17. The third-order valence-electron chi connectivity index (χ3n) is 5.47. The van der Waals surface area contributed by atoms with E-state index in [1.54, 1.807) is 0 Å². The maximum atomic E-state index is 13.0. The van der Waals surface area contributed by atoms with E-state index >= 15 is 0 Å². The van der Waals surface area contributed by atoms with Gasteiger partial charge in [0.05, 0.1) is 11.1 Å². The van der Waals surface area contributed by atoms with Gasteiger partial charge in [-0.3, -0.25) is 0 Å². The van der Waals surface area contributed by atoms with Crippen LogP contribution in [-0.2, 0) is 14.2 Å². The van der Waals surface area contributed by atoms with Crippen molar-refractivity contribution in [3.8, 4) is 45.6 Å². The Bertz CT molecular complexity index is 1190. The van der Waals surface area contributed by atoms with Gasteiger partial charge in [0.1, 0.15) is 31.0 Å². The van der Waals surface area contributed by atoms with Crippen LogP contribution in [0.3, 0.4) is 0 Å². The summed E-state index contributed by atoms with van der Waals surface area (Å²) in [6.45, 7) is -0.778. The molecular weight excluding hydrogens is 464 g/mol. The number of rotatable bonds is 0. The van der Waals surface area contributed by atoms with Crippen LogP contribution in [0.2, 0.25) is 0 Å². The Morgan fingerprint density at radius 3 is 1.71 bits per heavy atom. The average Bonchev–Trinajstić information content (AvgIpc) is 2.80. The van der Waals surface area contributed by atoms with E-state index in [1.165, 1.54) is 0 Å². The number of ether oxygens (including phenoxy) is 3. The lowest BCUT2D eigenvalue weighted by molar-refractivity contribution is -0.285. The first-order valence-corrected chi connectivity index (χ1v) is 9.57. The van der Waals surface area contributed by atoms with E-state index in [0.29, 0.717) is 12.1 Å². The molecule has 5 atom stereocenters. The van der Waals surface area contributed by atoms with Gasteiger partial charge < -0.3 is 60.2 Å². The monoisotopic (exact) mass is 482 g/mol. The Morgan fingerprint density at radius 1 is 0.676 bits per heavy atom. The predicted octanol–water partition coefficient (Wildman–Crippen LogP) is -1.28. The Labute approximate surface area is 188 Å². The first kappa shape index (κ1) is 23.2. The molecule has 34 heavy (non-hydrogen) atoms. The predicted molar refractivity (Wildman–Crippen MR) is 104 cm³/mol. The molecule has 0 amide bonds. The first-order chi connectivity index (χ1) is 15.9. The summed E-state index contributed by atoms with van der Waals surface area (Å²) in [4.78, 5) is 25.8. The number of aromatic hydroxyl groups is 6. The highest BCUT2D eigenvalue weighted by Crippen LogP contribution is 2.52. The molecule has 2 aromatic carbocycles. The van der Waals surface area contributed by atoms with Gasteiger partial charge in [-0.1, -0.05) is 0 Å². The second kappa shape index (κ2) is 8.11. The molecule has 0 saturated carbocycles. The summed E-state index contributed by atoms with van der Waals surface area (Å²) < 4.78 is 15.3. The summed E-state index contributed by atoms with van der Waals surface area (Å²) in [5, 5.41) is 91.1. The Morgan fingerprint density at radius 2 is 1.18 bits per heavy atom. The molecule has 14 heteroatoms. The molecule has 0 radical (unpaired) electrons. The van der Waals surface area contributed by atoms with Crippen molar-refractivity contribution in [2.75, 3.05) is 6.61 Å². The van der Waals surface area contributed by atoms with Crippen LogP contribution in [0.25, 0.3) is 11.1 Å². The van der Waals surface area contributed by atoms with Gasteiger partial charge >= 0.3 is 11.9 Å². The number of benzene rings is 2. The molecule has 0 aliphatic carbocycles. The zero-order chi connectivity index (χ0) is 25.1. The third-order valence-corrected chi connectivity index (χ3v) is 5.47. The number of carbonyl (C=O) groups excluding carboxylic acids is 2. The number of carbonyl (C=O) groups is 2. The molecule has 4 rings (SSSR count). The number of esters is 2. The summed E-state index contributed by atoms with van der Waals surface area (Å²) in [7, 11) is 0. The van der Waals surface area contributed by atoms with E-state index in [1.807, 2.05) is 0 Å². The fourth-order valence-corrected chi connectivity index (χ4v) is 3.67. The van der Waals surface area contributed by atoms with Crippen LogP contribution in [-0.4, -0.2) is 95.2 Å². The van der Waals surface area contributed by atoms with Crippen molar-refractivity contribution in [2.24, 2.45) is 0 Å². The average molecular weight is 482 g/mol. The van der Waals surface area contributed by atoms with Crippen LogP contribution < -0.4 is 0 Å². The molecule has 1 fully saturated rings. The van der Waals surface area contributed by atoms with Crippen LogP contribution >= 0.6 is 0 Å². The second-order valence-electron chi connectivity index (χ2n) is 7.55. The highest BCUT2D eigenvalue weighted by Gasteiger charge is 2.47. The Balaban J connectivity index is 2.02. The summed E-state index contributed by atoms with van der Waals surface area (Å²) in [6, 6.07) is 1.20. The van der Waals surface area contributed by atoms with Crippen LogP contribution in [0, 0.1) is 0 Å². The van der Waals surface area contributed by atoms with E-state index in [4.69, 9.17) is 14.2 Å². The van der Waals surface area contributed by atoms with E-state index in [2.05, 4.69) is 0 Å². The van der Waals surface area contributed by atoms with Gasteiger partial charge in [0.15, 0.2) is 23.0 Å². The zero-order valence-electron chi connectivity index (χ0n) is 16.8. The van der Waals surface area contributed by atoms with Crippen molar-refractivity contribution >= 4 is 11.9 Å². The Kier molecular flexibility index (Phi) is 5.53. The fraction of sp³-hybridized carbons (Fsp3) is 0.300. The lowest BCUT2D eigenvalue weighted by Gasteiger charge is -2.39. The normalized spacial score (nSPS) is 26.9. The molecular formula is C20H18O14. The van der Waals surface area contributed by atoms with Gasteiger partial charge in [0, 0.05) is 11.1 Å². The molecule has 9 N–H and O–H groups in total. The maximum Gasteiger partial charge on any atom is 0.341 e. The molecule has 0 aromatic heterocycles. The minimum atomic E-state index is -1.97. The number of aliphatic hydroxyl groups is 3. The van der Waals surface area contributed by atoms with Crippen molar-refractivity contribution in [2.45, 2.75) is 30.7 Å². The van der Waals surface area contributed by atoms with E-state index in [-0.39, 0.29) is 0 Å². The highest BCUT2D eigenvalue weighted by molar-refractivity contribution is 6.08. The molecule has 2 heterocycles. The lowest BCUT2D eigenvalue weighted by Crippen LogP contribution is -2.59. The lowest BCUT2D eigenvalue weighted by atomic mass is 9.91. The van der Waals surface area contributed by atoms with Crippen LogP contribution in [0.5, 0.6) is 34.5 Å². The molecule has 14 nitrogen and oxygen atoms in total. The molecule has 0 unspecified atom stereocenters. The standard InChI is InChI=1S/C20H18O14/c21-6-1-4-9(14(26)11(6)23)10-5(2-7(22)12(24)15(10)27)19(31)34-20-17(29)16(28)13(25)8(33-20)3-32-18(4)30/h1-2,8,13,16-17,20-29H,3H2/t8-,13-,16+,17-,20+/m1/s1. The van der Waals surface area contributed by atoms with Gasteiger partial charge in [-0.2, -0.15) is 0 Å². The van der Waals surface area contributed by atoms with Gasteiger partial charge in [-0.05, 0) is 12.1 Å². The zero-order valence-corrected chi connectivity index (χ0v) is 16.8. The number of hydrogen-bond donors (Lipinski definition) is 9.